The van der Waals surface area contributed by atoms with Crippen LogP contribution in [0.5, 0.6) is 5.75 Å². The van der Waals surface area contributed by atoms with Gasteiger partial charge in [-0.25, -0.2) is 4.79 Å². The van der Waals surface area contributed by atoms with Crippen LogP contribution in [0.15, 0.2) is 18.5 Å². The van der Waals surface area contributed by atoms with E-state index in [1.54, 1.807) is 35.3 Å². The Morgan fingerprint density at radius 3 is 3.00 bits per heavy atom. The maximum absolute atomic E-state index is 12.8. The van der Waals surface area contributed by atoms with Gasteiger partial charge in [0.05, 0.1) is 29.9 Å². The van der Waals surface area contributed by atoms with Crippen LogP contribution in [-0.4, -0.2) is 59.0 Å². The number of piperidine rings is 1. The fourth-order valence-corrected chi connectivity index (χ4v) is 3.49. The predicted molar refractivity (Wildman–Crippen MR) is 89.9 cm³/mol. The van der Waals surface area contributed by atoms with Crippen molar-refractivity contribution in [3.05, 3.63) is 18.5 Å². The number of fused-ring (bicyclic) bond motifs is 1. The van der Waals surface area contributed by atoms with Gasteiger partial charge in [-0.05, 0) is 32.8 Å². The van der Waals surface area contributed by atoms with Crippen molar-refractivity contribution >= 4 is 17.6 Å². The molecule has 3 heterocycles. The first-order chi connectivity index (χ1) is 11.5. The number of likely N-dealkylation sites (N-methyl/N-ethyl adjacent to an activating group) is 1. The van der Waals surface area contributed by atoms with Crippen molar-refractivity contribution in [1.29, 1.82) is 0 Å². The van der Waals surface area contributed by atoms with Gasteiger partial charge in [-0.2, -0.15) is 0 Å². The highest BCUT2D eigenvalue weighted by molar-refractivity contribution is 5.92. The molecule has 1 N–H and O–H groups in total. The zero-order valence-corrected chi connectivity index (χ0v) is 14.4. The van der Waals surface area contributed by atoms with Crippen LogP contribution >= 0.6 is 0 Å². The van der Waals surface area contributed by atoms with Crippen LogP contribution in [0.4, 0.5) is 10.5 Å². The second-order valence-electron chi connectivity index (χ2n) is 6.70. The first-order valence-electron chi connectivity index (χ1n) is 8.40. The van der Waals surface area contributed by atoms with E-state index < -0.39 is 0 Å². The minimum atomic E-state index is -0.187. The van der Waals surface area contributed by atoms with Crippen molar-refractivity contribution in [3.63, 3.8) is 0 Å². The lowest BCUT2D eigenvalue weighted by Gasteiger charge is -2.35. The molecule has 0 aliphatic carbocycles. The van der Waals surface area contributed by atoms with Crippen LogP contribution in [0.1, 0.15) is 26.7 Å². The van der Waals surface area contributed by atoms with E-state index in [0.29, 0.717) is 24.5 Å². The zero-order chi connectivity index (χ0) is 17.3. The smallest absolute Gasteiger partial charge is 0.322 e. The number of carbonyl (C=O) groups is 2. The van der Waals surface area contributed by atoms with Crippen molar-refractivity contribution in [2.24, 2.45) is 5.92 Å². The van der Waals surface area contributed by atoms with Gasteiger partial charge in [-0.3, -0.25) is 9.78 Å². The quantitative estimate of drug-likeness (QED) is 0.918. The molecule has 0 bridgehead atoms. The topological polar surface area (TPSA) is 74.8 Å². The third kappa shape index (κ3) is 3.16. The van der Waals surface area contributed by atoms with Gasteiger partial charge in [0.1, 0.15) is 0 Å². The molecule has 2 aliphatic rings. The Labute approximate surface area is 142 Å². The second kappa shape index (κ2) is 6.67. The number of rotatable bonds is 3. The van der Waals surface area contributed by atoms with Gasteiger partial charge in [0.15, 0.2) is 5.75 Å². The summed E-state index contributed by atoms with van der Waals surface area (Å²) in [7, 11) is 1.80. The van der Waals surface area contributed by atoms with Crippen molar-refractivity contribution < 1.29 is 14.3 Å². The molecule has 7 heteroatoms. The number of amides is 3. The summed E-state index contributed by atoms with van der Waals surface area (Å²) >= 11 is 0. The Balaban J connectivity index is 1.74. The van der Waals surface area contributed by atoms with Crippen LogP contribution in [0, 0.1) is 5.92 Å². The number of likely N-dealkylation sites (tertiary alicyclic amines) is 2. The van der Waals surface area contributed by atoms with Gasteiger partial charge >= 0.3 is 6.03 Å². The highest BCUT2D eigenvalue weighted by Gasteiger charge is 2.45. The molecule has 3 rings (SSSR count). The molecule has 2 fully saturated rings. The molecular formula is C17H24N4O3. The lowest BCUT2D eigenvalue weighted by molar-refractivity contribution is -0.130. The molecule has 1 aromatic rings. The van der Waals surface area contributed by atoms with Crippen LogP contribution in [-0.2, 0) is 4.79 Å². The molecule has 0 saturated carbocycles. The summed E-state index contributed by atoms with van der Waals surface area (Å²) in [6.07, 6.45) is 4.91. The number of anilines is 1. The molecule has 0 radical (unpaired) electrons. The van der Waals surface area contributed by atoms with Gasteiger partial charge in [-0.15, -0.1) is 0 Å². The second-order valence-corrected chi connectivity index (χ2v) is 6.70. The number of hydrogen-bond donors (Lipinski definition) is 1. The summed E-state index contributed by atoms with van der Waals surface area (Å²) < 4.78 is 5.70. The molecule has 0 spiro atoms. The van der Waals surface area contributed by atoms with Crippen molar-refractivity contribution in [2.45, 2.75) is 38.8 Å². The summed E-state index contributed by atoms with van der Waals surface area (Å²) in [5.74, 6) is 0.623. The number of urea groups is 1. The summed E-state index contributed by atoms with van der Waals surface area (Å²) in [6, 6.07) is 1.49. The Hall–Kier alpha value is -2.31. The number of aromatic nitrogens is 1. The molecule has 3 amide bonds. The number of pyridine rings is 1. The van der Waals surface area contributed by atoms with Gasteiger partial charge in [-0.1, -0.05) is 0 Å². The van der Waals surface area contributed by atoms with Crippen molar-refractivity contribution in [2.75, 3.05) is 25.5 Å². The largest absolute Gasteiger partial charge is 0.487 e. The molecule has 2 saturated heterocycles. The molecule has 0 unspecified atom stereocenters. The minimum absolute atomic E-state index is 0.00896. The van der Waals surface area contributed by atoms with Crippen molar-refractivity contribution in [1.82, 2.24) is 14.8 Å². The highest BCUT2D eigenvalue weighted by Crippen LogP contribution is 2.32. The highest BCUT2D eigenvalue weighted by atomic mass is 16.5. The van der Waals surface area contributed by atoms with E-state index >= 15 is 0 Å². The fourth-order valence-electron chi connectivity index (χ4n) is 3.49. The molecule has 0 aromatic carbocycles. The van der Waals surface area contributed by atoms with E-state index in [2.05, 4.69) is 10.3 Å². The predicted octanol–water partition coefficient (Wildman–Crippen LogP) is 1.95. The van der Waals surface area contributed by atoms with Crippen LogP contribution < -0.4 is 10.1 Å². The van der Waals surface area contributed by atoms with E-state index in [-0.39, 0.29) is 30.0 Å². The number of nitrogens with zero attached hydrogens (tertiary/aromatic N) is 3. The number of carbonyl (C=O) groups excluding carboxylic acids is 2. The number of nitrogens with one attached hydrogen (secondary N) is 1. The molecule has 7 nitrogen and oxygen atoms in total. The maximum Gasteiger partial charge on any atom is 0.322 e. The van der Waals surface area contributed by atoms with Gasteiger partial charge in [0.25, 0.3) is 0 Å². The zero-order valence-electron chi connectivity index (χ0n) is 14.4. The van der Waals surface area contributed by atoms with Crippen LogP contribution in [0.3, 0.4) is 0 Å². The van der Waals surface area contributed by atoms with E-state index in [0.717, 1.165) is 12.8 Å². The van der Waals surface area contributed by atoms with E-state index in [4.69, 9.17) is 4.74 Å². The third-order valence-electron chi connectivity index (χ3n) is 4.58. The Kier molecular flexibility index (Phi) is 4.59. The lowest BCUT2D eigenvalue weighted by atomic mass is 9.92. The van der Waals surface area contributed by atoms with E-state index in [1.807, 2.05) is 13.8 Å². The molecule has 1 aromatic heterocycles. The van der Waals surface area contributed by atoms with Crippen molar-refractivity contribution in [3.8, 4) is 5.75 Å². The average molecular weight is 332 g/mol. The normalized spacial score (nSPS) is 23.4. The SMILES string of the molecule is CC(C)Oc1cnccc1NC(=O)N1CCC[C@H]2C(=O)N(C)C[C@H]21. The first kappa shape index (κ1) is 16.5. The maximum atomic E-state index is 12.8. The summed E-state index contributed by atoms with van der Waals surface area (Å²) in [5.41, 5.74) is 0.600. The summed E-state index contributed by atoms with van der Waals surface area (Å²) in [5, 5.41) is 2.92. The van der Waals surface area contributed by atoms with Gasteiger partial charge in [0.2, 0.25) is 5.91 Å². The van der Waals surface area contributed by atoms with Gasteiger partial charge < -0.3 is 19.9 Å². The Morgan fingerprint density at radius 2 is 2.25 bits per heavy atom. The van der Waals surface area contributed by atoms with E-state index in [1.165, 1.54) is 0 Å². The molecule has 2 atom stereocenters. The summed E-state index contributed by atoms with van der Waals surface area (Å²) in [6.45, 7) is 5.11. The minimum Gasteiger partial charge on any atom is -0.487 e. The monoisotopic (exact) mass is 332 g/mol. The molecule has 2 aliphatic heterocycles. The first-order valence-corrected chi connectivity index (χ1v) is 8.40. The molecule has 130 valence electrons. The lowest BCUT2D eigenvalue weighted by Crippen LogP contribution is -2.50. The van der Waals surface area contributed by atoms with Crippen LogP contribution in [0.25, 0.3) is 0 Å². The number of hydrogen-bond acceptors (Lipinski definition) is 4. The summed E-state index contributed by atoms with van der Waals surface area (Å²) in [4.78, 5) is 32.5. The Morgan fingerprint density at radius 1 is 1.46 bits per heavy atom. The average Bonchev–Trinajstić information content (AvgIpc) is 2.84. The van der Waals surface area contributed by atoms with Crippen LogP contribution in [0.2, 0.25) is 0 Å². The molecular weight excluding hydrogens is 308 g/mol. The van der Waals surface area contributed by atoms with Gasteiger partial charge in [0, 0.05) is 26.3 Å². The molecule has 24 heavy (non-hydrogen) atoms. The number of ether oxygens (including phenoxy) is 1. The van der Waals surface area contributed by atoms with E-state index in [9.17, 15) is 9.59 Å². The third-order valence-corrected chi connectivity index (χ3v) is 4.58. The fraction of sp³-hybridized carbons (Fsp3) is 0.588. The Bertz CT molecular complexity index is 634. The standard InChI is InChI=1S/C17H24N4O3/c1-11(2)24-15-9-18-7-6-13(15)19-17(23)21-8-4-5-12-14(21)10-20(3)16(12)22/h6-7,9,11-12,14H,4-5,8,10H2,1-3H3,(H,18,19,23)/t12-,14-/m1/s1.